The van der Waals surface area contributed by atoms with Gasteiger partial charge in [-0.05, 0) is 12.1 Å². The zero-order chi connectivity index (χ0) is 15.7. The van der Waals surface area contributed by atoms with Crippen molar-refractivity contribution >= 4 is 5.69 Å². The SMILES string of the molecule is COCCOCC(O)CNc1cccc(OC(F)(F)F)c1. The van der Waals surface area contributed by atoms with E-state index >= 15 is 0 Å². The van der Waals surface area contributed by atoms with E-state index in [1.807, 2.05) is 0 Å². The fourth-order valence-electron chi connectivity index (χ4n) is 1.46. The molecule has 0 saturated carbocycles. The summed E-state index contributed by atoms with van der Waals surface area (Å²) in [5.41, 5.74) is 0.410. The minimum Gasteiger partial charge on any atom is -0.406 e. The van der Waals surface area contributed by atoms with Gasteiger partial charge in [0.1, 0.15) is 5.75 Å². The summed E-state index contributed by atoms with van der Waals surface area (Å²) in [6.45, 7) is 1.04. The number of aliphatic hydroxyl groups excluding tert-OH is 1. The van der Waals surface area contributed by atoms with Crippen LogP contribution in [-0.4, -0.2) is 51.0 Å². The van der Waals surface area contributed by atoms with E-state index in [0.29, 0.717) is 18.9 Å². The second kappa shape index (κ2) is 8.71. The van der Waals surface area contributed by atoms with Crippen LogP contribution in [0.15, 0.2) is 24.3 Å². The van der Waals surface area contributed by atoms with Crippen molar-refractivity contribution in [2.75, 3.05) is 38.8 Å². The van der Waals surface area contributed by atoms with E-state index in [1.54, 1.807) is 6.07 Å². The Morgan fingerprint density at radius 1 is 1.29 bits per heavy atom. The Balaban J connectivity index is 2.36. The van der Waals surface area contributed by atoms with Gasteiger partial charge in [0.25, 0.3) is 0 Å². The smallest absolute Gasteiger partial charge is 0.406 e. The maximum atomic E-state index is 12.1. The third-order valence-electron chi connectivity index (χ3n) is 2.35. The second-order valence-corrected chi connectivity index (χ2v) is 4.18. The number of benzene rings is 1. The van der Waals surface area contributed by atoms with Gasteiger partial charge in [-0.2, -0.15) is 0 Å². The van der Waals surface area contributed by atoms with Crippen molar-refractivity contribution < 1.29 is 32.5 Å². The highest BCUT2D eigenvalue weighted by atomic mass is 19.4. The monoisotopic (exact) mass is 309 g/mol. The standard InChI is InChI=1S/C13H18F3NO4/c1-19-5-6-20-9-11(18)8-17-10-3-2-4-12(7-10)21-13(14,15)16/h2-4,7,11,17-18H,5-6,8-9H2,1H3. The highest BCUT2D eigenvalue weighted by molar-refractivity contribution is 5.48. The molecule has 0 heterocycles. The Morgan fingerprint density at radius 2 is 2.05 bits per heavy atom. The van der Waals surface area contributed by atoms with E-state index in [0.717, 1.165) is 0 Å². The molecule has 0 aliphatic carbocycles. The Labute approximate surface area is 120 Å². The molecular weight excluding hydrogens is 291 g/mol. The molecule has 1 aromatic carbocycles. The average molecular weight is 309 g/mol. The Morgan fingerprint density at radius 3 is 2.71 bits per heavy atom. The van der Waals surface area contributed by atoms with Crippen LogP contribution in [0.1, 0.15) is 0 Å². The summed E-state index contributed by atoms with van der Waals surface area (Å²) in [5.74, 6) is -0.321. The van der Waals surface area contributed by atoms with Gasteiger partial charge in [0, 0.05) is 25.4 Å². The molecule has 0 radical (unpaired) electrons. The van der Waals surface area contributed by atoms with Crippen molar-refractivity contribution in [3.05, 3.63) is 24.3 Å². The highest BCUT2D eigenvalue weighted by Crippen LogP contribution is 2.24. The number of hydrogen-bond acceptors (Lipinski definition) is 5. The summed E-state index contributed by atoms with van der Waals surface area (Å²) in [6, 6.07) is 5.39. The van der Waals surface area contributed by atoms with Crippen LogP contribution in [-0.2, 0) is 9.47 Å². The van der Waals surface area contributed by atoms with Crippen LogP contribution in [0.25, 0.3) is 0 Å². The number of anilines is 1. The molecule has 0 fully saturated rings. The Bertz CT molecular complexity index is 415. The third kappa shape index (κ3) is 8.38. The molecule has 2 N–H and O–H groups in total. The van der Waals surface area contributed by atoms with E-state index in [-0.39, 0.29) is 18.9 Å². The summed E-state index contributed by atoms with van der Waals surface area (Å²) in [6.07, 6.45) is -5.51. The molecule has 0 aromatic heterocycles. The Kier molecular flexibility index (Phi) is 7.27. The first kappa shape index (κ1) is 17.5. The molecule has 120 valence electrons. The molecule has 0 amide bonds. The van der Waals surface area contributed by atoms with Gasteiger partial charge in [0.15, 0.2) is 0 Å². The number of hydrogen-bond donors (Lipinski definition) is 2. The van der Waals surface area contributed by atoms with Crippen molar-refractivity contribution in [1.82, 2.24) is 0 Å². The molecule has 0 bridgehead atoms. The molecule has 0 saturated heterocycles. The quantitative estimate of drug-likeness (QED) is 0.684. The van der Waals surface area contributed by atoms with Crippen LogP contribution in [0.2, 0.25) is 0 Å². The molecule has 0 aliphatic heterocycles. The van der Waals surface area contributed by atoms with E-state index in [9.17, 15) is 18.3 Å². The van der Waals surface area contributed by atoms with Gasteiger partial charge in [0.2, 0.25) is 0 Å². The lowest BCUT2D eigenvalue weighted by atomic mass is 10.3. The first-order chi connectivity index (χ1) is 9.90. The lowest BCUT2D eigenvalue weighted by Crippen LogP contribution is -2.25. The van der Waals surface area contributed by atoms with Gasteiger partial charge < -0.3 is 24.6 Å². The zero-order valence-electron chi connectivity index (χ0n) is 11.5. The molecule has 1 unspecified atom stereocenters. The van der Waals surface area contributed by atoms with Crippen LogP contribution in [0.3, 0.4) is 0 Å². The molecule has 1 aromatic rings. The predicted octanol–water partition coefficient (Wildman–Crippen LogP) is 2.02. The van der Waals surface area contributed by atoms with E-state index in [1.165, 1.54) is 25.3 Å². The van der Waals surface area contributed by atoms with Gasteiger partial charge in [-0.25, -0.2) is 0 Å². The lowest BCUT2D eigenvalue weighted by Gasteiger charge is -2.14. The fraction of sp³-hybridized carbons (Fsp3) is 0.538. The van der Waals surface area contributed by atoms with Crippen LogP contribution in [0.4, 0.5) is 18.9 Å². The summed E-state index contributed by atoms with van der Waals surface area (Å²) in [4.78, 5) is 0. The normalized spacial score (nSPS) is 13.0. The van der Waals surface area contributed by atoms with Crippen LogP contribution in [0.5, 0.6) is 5.75 Å². The van der Waals surface area contributed by atoms with Gasteiger partial charge in [0.05, 0.1) is 25.9 Å². The van der Waals surface area contributed by atoms with E-state index in [2.05, 4.69) is 10.1 Å². The summed E-state index contributed by atoms with van der Waals surface area (Å²) in [7, 11) is 1.54. The van der Waals surface area contributed by atoms with E-state index in [4.69, 9.17) is 9.47 Å². The Hall–Kier alpha value is -1.51. The maximum absolute atomic E-state index is 12.1. The lowest BCUT2D eigenvalue weighted by molar-refractivity contribution is -0.274. The number of nitrogens with one attached hydrogen (secondary N) is 1. The predicted molar refractivity (Wildman–Crippen MR) is 70.3 cm³/mol. The number of aliphatic hydroxyl groups is 1. The molecule has 5 nitrogen and oxygen atoms in total. The summed E-state index contributed by atoms with van der Waals surface area (Å²) < 4.78 is 49.9. The van der Waals surface area contributed by atoms with Gasteiger partial charge in [-0.3, -0.25) is 0 Å². The van der Waals surface area contributed by atoms with Crippen molar-refractivity contribution in [3.8, 4) is 5.75 Å². The van der Waals surface area contributed by atoms with Gasteiger partial charge in [-0.1, -0.05) is 6.07 Å². The molecule has 1 rings (SSSR count). The molecule has 0 aliphatic rings. The second-order valence-electron chi connectivity index (χ2n) is 4.18. The molecule has 0 spiro atoms. The molecule has 1 atom stereocenters. The van der Waals surface area contributed by atoms with Gasteiger partial charge >= 0.3 is 6.36 Å². The molecule has 8 heteroatoms. The third-order valence-corrected chi connectivity index (χ3v) is 2.35. The topological polar surface area (TPSA) is 60.0 Å². The molecule has 21 heavy (non-hydrogen) atoms. The fourth-order valence-corrected chi connectivity index (χ4v) is 1.46. The van der Waals surface area contributed by atoms with Gasteiger partial charge in [-0.15, -0.1) is 13.2 Å². The first-order valence-corrected chi connectivity index (χ1v) is 6.25. The van der Waals surface area contributed by atoms with Crippen LogP contribution < -0.4 is 10.1 Å². The minimum atomic E-state index is -4.73. The first-order valence-electron chi connectivity index (χ1n) is 6.25. The zero-order valence-corrected chi connectivity index (χ0v) is 11.5. The molecular formula is C13H18F3NO4. The average Bonchev–Trinajstić information content (AvgIpc) is 2.40. The number of alkyl halides is 3. The van der Waals surface area contributed by atoms with Crippen molar-refractivity contribution in [3.63, 3.8) is 0 Å². The number of halogens is 3. The summed E-state index contributed by atoms with van der Waals surface area (Å²) in [5, 5.41) is 12.4. The van der Waals surface area contributed by atoms with E-state index < -0.39 is 12.5 Å². The van der Waals surface area contributed by atoms with Crippen molar-refractivity contribution in [2.45, 2.75) is 12.5 Å². The number of rotatable bonds is 9. The maximum Gasteiger partial charge on any atom is 0.573 e. The van der Waals surface area contributed by atoms with Crippen LogP contribution >= 0.6 is 0 Å². The largest absolute Gasteiger partial charge is 0.573 e. The number of ether oxygens (including phenoxy) is 3. The van der Waals surface area contributed by atoms with Crippen LogP contribution in [0, 0.1) is 0 Å². The minimum absolute atomic E-state index is 0.106. The van der Waals surface area contributed by atoms with Crippen molar-refractivity contribution in [2.24, 2.45) is 0 Å². The number of methoxy groups -OCH3 is 1. The van der Waals surface area contributed by atoms with Crippen molar-refractivity contribution in [1.29, 1.82) is 0 Å². The summed E-state index contributed by atoms with van der Waals surface area (Å²) >= 11 is 0. The highest BCUT2D eigenvalue weighted by Gasteiger charge is 2.31.